The number of rotatable bonds is 5. The van der Waals surface area contributed by atoms with Crippen LogP contribution in [-0.2, 0) is 21.7 Å². The molecule has 0 saturated heterocycles. The average molecular weight is 1100 g/mol. The van der Waals surface area contributed by atoms with E-state index in [0.717, 1.165) is 88.1 Å². The van der Waals surface area contributed by atoms with Gasteiger partial charge in [-0.05, 0) is 149 Å². The number of nitrogens with zero attached hydrogens (tertiary/aromatic N) is 1. The van der Waals surface area contributed by atoms with Crippen molar-refractivity contribution in [2.24, 2.45) is 0 Å². The third-order valence-electron chi connectivity index (χ3n) is 17.4. The zero-order chi connectivity index (χ0) is 56.9. The molecule has 14 rings (SSSR count). The number of anilines is 3. The second kappa shape index (κ2) is 18.7. The van der Waals surface area contributed by atoms with Gasteiger partial charge in [-0.15, -0.1) is 0 Å². The summed E-state index contributed by atoms with van der Waals surface area (Å²) >= 11 is 9.35. The molecule has 0 atom stereocenters. The Balaban J connectivity index is 1.06. The molecule has 4 heterocycles. The summed E-state index contributed by atoms with van der Waals surface area (Å²) in [5.74, 6) is 0. The fourth-order valence-corrected chi connectivity index (χ4v) is 14.1. The Morgan fingerprint density at radius 1 is 0.366 bits per heavy atom. The summed E-state index contributed by atoms with van der Waals surface area (Å²) in [7, 11) is 0. The minimum absolute atomic E-state index is 0.0305. The summed E-state index contributed by atoms with van der Waals surface area (Å²) in [6.45, 7) is 27.8. The summed E-state index contributed by atoms with van der Waals surface area (Å²) in [5, 5.41) is 5.09. The number of para-hydroxylation sites is 3. The number of hydrogen-bond acceptors (Lipinski definition) is 4. The third-order valence-corrected chi connectivity index (χ3v) is 18.7. The van der Waals surface area contributed by atoms with Gasteiger partial charge in [0.1, 0.15) is 22.3 Å². The van der Waals surface area contributed by atoms with Crippen molar-refractivity contribution >= 4 is 107 Å². The summed E-state index contributed by atoms with van der Waals surface area (Å²) in [5.41, 5.74) is 24.7. The molecule has 0 amide bonds. The summed E-state index contributed by atoms with van der Waals surface area (Å²) < 4.78 is 13.3. The van der Waals surface area contributed by atoms with Gasteiger partial charge in [0, 0.05) is 58.9 Å². The first-order valence-electron chi connectivity index (χ1n) is 28.9. The van der Waals surface area contributed by atoms with Crippen molar-refractivity contribution in [3.8, 4) is 44.5 Å². The molecule has 0 N–H and O–H groups in total. The molecule has 404 valence electrons. The van der Waals surface area contributed by atoms with Crippen LogP contribution in [0, 0.1) is 0 Å². The Morgan fingerprint density at radius 2 is 0.817 bits per heavy atom. The van der Waals surface area contributed by atoms with Crippen LogP contribution in [0.25, 0.3) is 88.4 Å². The molecule has 0 aliphatic carbocycles. The van der Waals surface area contributed by atoms with Crippen LogP contribution in [0.3, 0.4) is 0 Å². The quantitative estimate of drug-likeness (QED) is 0.161. The maximum Gasteiger partial charge on any atom is 0.249 e. The standard InChI is InChI=1S/C76H67BClNO2S/c1-73(2,3)50-32-48(33-51(40-50)74(4,5)6)44-26-30-63-61(36-44)77-62-37-45(49-34-52(75(7,8)9)41-53(35-49)76(10,11)12)27-31-69(62)82-70-43-54(78)42-64(71(70)77)79(63)72-55(46-24-28-59-57-18-13-15-22-65(57)80-67(59)38-46)20-17-21-56(72)47-25-29-60-58-19-14-16-23-66(58)81-68(60)39-47/h13-43H,1-12H3. The fraction of sp³-hybridized carbons (Fsp3) is 0.211. The summed E-state index contributed by atoms with van der Waals surface area (Å²) in [6.07, 6.45) is 0. The minimum Gasteiger partial charge on any atom is -0.456 e. The molecule has 12 aromatic rings. The molecule has 0 radical (unpaired) electrons. The molecule has 2 aliphatic heterocycles. The van der Waals surface area contributed by atoms with E-state index in [1.807, 2.05) is 23.9 Å². The predicted octanol–water partition coefficient (Wildman–Crippen LogP) is 20.8. The molecule has 82 heavy (non-hydrogen) atoms. The molecule has 3 nitrogen and oxygen atoms in total. The molecule has 0 bridgehead atoms. The van der Waals surface area contributed by atoms with Gasteiger partial charge in [0.2, 0.25) is 6.71 Å². The van der Waals surface area contributed by atoms with Crippen LogP contribution in [0.4, 0.5) is 17.1 Å². The molecule has 10 aromatic carbocycles. The van der Waals surface area contributed by atoms with Crippen LogP contribution < -0.4 is 21.3 Å². The van der Waals surface area contributed by atoms with Gasteiger partial charge in [0.05, 0.1) is 5.69 Å². The Bertz CT molecular complexity index is 4430. The molecule has 0 fully saturated rings. The van der Waals surface area contributed by atoms with E-state index in [-0.39, 0.29) is 28.4 Å². The third kappa shape index (κ3) is 8.81. The monoisotopic (exact) mass is 1100 g/mol. The van der Waals surface area contributed by atoms with Crippen LogP contribution in [0.2, 0.25) is 5.02 Å². The van der Waals surface area contributed by atoms with Gasteiger partial charge in [-0.2, -0.15) is 0 Å². The van der Waals surface area contributed by atoms with Crippen molar-refractivity contribution in [2.45, 2.75) is 115 Å². The second-order valence-corrected chi connectivity index (χ2v) is 28.7. The molecule has 2 aromatic heterocycles. The highest BCUT2D eigenvalue weighted by atomic mass is 35.5. The maximum atomic E-state index is 7.51. The number of furan rings is 2. The Labute approximate surface area is 492 Å². The van der Waals surface area contributed by atoms with Crippen molar-refractivity contribution in [3.63, 3.8) is 0 Å². The number of halogens is 1. The summed E-state index contributed by atoms with van der Waals surface area (Å²) in [6, 6.07) is 70.4. The lowest BCUT2D eigenvalue weighted by molar-refractivity contribution is 0.568. The van der Waals surface area contributed by atoms with Crippen LogP contribution >= 0.6 is 23.4 Å². The topological polar surface area (TPSA) is 29.5 Å². The van der Waals surface area contributed by atoms with E-state index in [1.165, 1.54) is 65.8 Å². The van der Waals surface area contributed by atoms with E-state index in [4.69, 9.17) is 20.4 Å². The van der Waals surface area contributed by atoms with Crippen molar-refractivity contribution in [3.05, 3.63) is 215 Å². The highest BCUT2D eigenvalue weighted by Crippen LogP contribution is 2.52. The largest absolute Gasteiger partial charge is 0.456 e. The van der Waals surface area contributed by atoms with Gasteiger partial charge in [-0.25, -0.2) is 0 Å². The van der Waals surface area contributed by atoms with E-state index < -0.39 is 0 Å². The smallest absolute Gasteiger partial charge is 0.249 e. The number of hydrogen-bond donors (Lipinski definition) is 0. The van der Waals surface area contributed by atoms with Gasteiger partial charge in [-0.1, -0.05) is 239 Å². The maximum absolute atomic E-state index is 7.51. The molecular formula is C76H67BClNO2S. The van der Waals surface area contributed by atoms with Crippen LogP contribution in [0.15, 0.2) is 207 Å². The highest BCUT2D eigenvalue weighted by Gasteiger charge is 2.43. The van der Waals surface area contributed by atoms with Crippen molar-refractivity contribution in [2.75, 3.05) is 4.90 Å². The molecule has 0 unspecified atom stereocenters. The van der Waals surface area contributed by atoms with Crippen LogP contribution in [-0.4, -0.2) is 6.71 Å². The number of benzene rings is 10. The second-order valence-electron chi connectivity index (χ2n) is 27.2. The molecule has 0 saturated carbocycles. The van der Waals surface area contributed by atoms with E-state index in [2.05, 4.69) is 264 Å². The van der Waals surface area contributed by atoms with Crippen LogP contribution in [0.1, 0.15) is 105 Å². The Kier molecular flexibility index (Phi) is 11.9. The lowest BCUT2D eigenvalue weighted by Crippen LogP contribution is -2.60. The van der Waals surface area contributed by atoms with Crippen molar-refractivity contribution < 1.29 is 8.83 Å². The number of fused-ring (bicyclic) bond motifs is 10. The predicted molar refractivity (Wildman–Crippen MR) is 352 cm³/mol. The van der Waals surface area contributed by atoms with Gasteiger partial charge >= 0.3 is 0 Å². The SMILES string of the molecule is CC(C)(C)c1cc(-c2ccc3c(c2)B2c4cc(-c5cc(C(C)(C)C)cc(C(C)(C)C)c5)ccc4N(c4c(-c5ccc6c(c5)oc5ccccc56)cccc4-c4ccc5c(c4)oc4ccccc45)c4cc(Cl)cc(c42)S3)cc(C(C)(C)C)c1. The van der Waals surface area contributed by atoms with E-state index in [1.54, 1.807) is 0 Å². The lowest BCUT2D eigenvalue weighted by atomic mass is 9.34. The Hall–Kier alpha value is -7.70. The highest BCUT2D eigenvalue weighted by molar-refractivity contribution is 8.00. The van der Waals surface area contributed by atoms with Crippen LogP contribution in [0.5, 0.6) is 0 Å². The first-order valence-corrected chi connectivity index (χ1v) is 30.1. The summed E-state index contributed by atoms with van der Waals surface area (Å²) in [4.78, 5) is 4.95. The van der Waals surface area contributed by atoms with E-state index in [9.17, 15) is 0 Å². The van der Waals surface area contributed by atoms with E-state index in [0.29, 0.717) is 5.02 Å². The normalized spacial score (nSPS) is 13.6. The first kappa shape index (κ1) is 52.4. The molecular weight excluding hydrogens is 1040 g/mol. The minimum atomic E-state index is -0.125. The van der Waals surface area contributed by atoms with Gasteiger partial charge in [-0.3, -0.25) is 0 Å². The lowest BCUT2D eigenvalue weighted by Gasteiger charge is -2.42. The van der Waals surface area contributed by atoms with Crippen molar-refractivity contribution in [1.29, 1.82) is 0 Å². The van der Waals surface area contributed by atoms with Gasteiger partial charge in [0.15, 0.2) is 0 Å². The first-order chi connectivity index (χ1) is 39.0. The van der Waals surface area contributed by atoms with Crippen molar-refractivity contribution in [1.82, 2.24) is 0 Å². The zero-order valence-corrected chi connectivity index (χ0v) is 50.6. The van der Waals surface area contributed by atoms with E-state index >= 15 is 0 Å². The molecule has 0 spiro atoms. The van der Waals surface area contributed by atoms with Gasteiger partial charge < -0.3 is 13.7 Å². The fourth-order valence-electron chi connectivity index (χ4n) is 12.7. The van der Waals surface area contributed by atoms with Gasteiger partial charge in [0.25, 0.3) is 0 Å². The Morgan fingerprint density at radius 3 is 1.32 bits per heavy atom. The zero-order valence-electron chi connectivity index (χ0n) is 49.0. The molecule has 6 heteroatoms. The molecule has 2 aliphatic rings. The average Bonchev–Trinajstić information content (AvgIpc) is 1.43.